The molecule has 0 saturated heterocycles. The average Bonchev–Trinajstić information content (AvgIpc) is 3.52. The number of thiazole rings is 1. The van der Waals surface area contributed by atoms with Crippen molar-refractivity contribution in [1.82, 2.24) is 14.5 Å². The number of aryl methyl sites for hydroxylation is 1. The van der Waals surface area contributed by atoms with E-state index in [1.807, 2.05) is 29.0 Å². The number of methoxy groups -OCH3 is 1. The molecule has 34 heavy (non-hydrogen) atoms. The molecule has 0 saturated carbocycles. The molecule has 178 valence electrons. The Labute approximate surface area is 211 Å². The molecule has 2 aromatic carbocycles. The first-order chi connectivity index (χ1) is 16.1. The molecule has 3 heterocycles. The number of benzene rings is 2. The fourth-order valence-corrected chi connectivity index (χ4v) is 4.95. The quantitative estimate of drug-likeness (QED) is 0.347. The van der Waals surface area contributed by atoms with Crippen LogP contribution in [-0.4, -0.2) is 46.8 Å². The van der Waals surface area contributed by atoms with Gasteiger partial charge in [-0.2, -0.15) is 0 Å². The standard InChI is InChI=1S/C23H21ClN4O4S.ClH/c1-30-18-8-7-15(24)21-20(18)26-23(33-21)28(11-4-10-27-12-9-25-14-27)22(29)19-13-31-16-5-2-3-6-17(16)32-19;/h2-3,5-9,12,14,19H,4,10-11,13H2,1H3;1H. The number of para-hydroxylation sites is 2. The third-order valence-electron chi connectivity index (χ3n) is 5.31. The molecule has 4 aromatic rings. The highest BCUT2D eigenvalue weighted by Crippen LogP contribution is 2.39. The highest BCUT2D eigenvalue weighted by molar-refractivity contribution is 7.23. The van der Waals surface area contributed by atoms with Gasteiger partial charge in [-0.15, -0.1) is 12.4 Å². The first-order valence-electron chi connectivity index (χ1n) is 10.4. The van der Waals surface area contributed by atoms with Crippen LogP contribution < -0.4 is 19.1 Å². The molecule has 0 aliphatic carbocycles. The Kier molecular flexibility index (Phi) is 7.45. The van der Waals surface area contributed by atoms with Crippen molar-refractivity contribution in [1.29, 1.82) is 0 Å². The van der Waals surface area contributed by atoms with E-state index in [9.17, 15) is 4.79 Å². The van der Waals surface area contributed by atoms with Crippen LogP contribution in [0, 0.1) is 0 Å². The summed E-state index contributed by atoms with van der Waals surface area (Å²) in [6, 6.07) is 10.9. The smallest absolute Gasteiger partial charge is 0.273 e. The van der Waals surface area contributed by atoms with Crippen molar-refractivity contribution in [3.05, 3.63) is 60.1 Å². The van der Waals surface area contributed by atoms with E-state index >= 15 is 0 Å². The Morgan fingerprint density at radius 2 is 2.12 bits per heavy atom. The van der Waals surface area contributed by atoms with E-state index in [2.05, 4.69) is 4.98 Å². The number of rotatable bonds is 7. The third-order valence-corrected chi connectivity index (χ3v) is 6.84. The number of carbonyl (C=O) groups is 1. The van der Waals surface area contributed by atoms with Crippen molar-refractivity contribution in [2.75, 3.05) is 25.2 Å². The van der Waals surface area contributed by atoms with E-state index < -0.39 is 6.10 Å². The summed E-state index contributed by atoms with van der Waals surface area (Å²) in [5, 5.41) is 1.10. The summed E-state index contributed by atoms with van der Waals surface area (Å²) in [5.41, 5.74) is 0.628. The highest BCUT2D eigenvalue weighted by atomic mass is 35.5. The number of halogens is 2. The van der Waals surface area contributed by atoms with Crippen molar-refractivity contribution in [3.63, 3.8) is 0 Å². The van der Waals surface area contributed by atoms with Gasteiger partial charge in [0.2, 0.25) is 6.10 Å². The normalized spacial score (nSPS) is 14.5. The Bertz CT molecular complexity index is 1280. The minimum absolute atomic E-state index is 0. The van der Waals surface area contributed by atoms with E-state index in [-0.39, 0.29) is 24.9 Å². The summed E-state index contributed by atoms with van der Waals surface area (Å²) >= 11 is 7.77. The van der Waals surface area contributed by atoms with E-state index in [0.29, 0.717) is 52.4 Å². The Hall–Kier alpha value is -3.01. The number of aromatic nitrogens is 3. The van der Waals surface area contributed by atoms with E-state index in [1.165, 1.54) is 11.3 Å². The number of hydrogen-bond donors (Lipinski definition) is 0. The second kappa shape index (κ2) is 10.5. The van der Waals surface area contributed by atoms with Crippen LogP contribution in [0.15, 0.2) is 55.1 Å². The number of imidazole rings is 1. The van der Waals surface area contributed by atoms with E-state index in [4.69, 9.17) is 30.8 Å². The van der Waals surface area contributed by atoms with Crippen LogP contribution in [0.2, 0.25) is 5.02 Å². The molecule has 11 heteroatoms. The van der Waals surface area contributed by atoms with Crippen molar-refractivity contribution in [2.45, 2.75) is 19.1 Å². The number of amides is 1. The first-order valence-corrected chi connectivity index (χ1v) is 11.6. The van der Waals surface area contributed by atoms with E-state index in [0.717, 1.165) is 4.70 Å². The van der Waals surface area contributed by atoms with Gasteiger partial charge in [0.1, 0.15) is 17.9 Å². The number of hydrogen-bond acceptors (Lipinski definition) is 7. The minimum Gasteiger partial charge on any atom is -0.494 e. The van der Waals surface area contributed by atoms with Crippen LogP contribution in [-0.2, 0) is 11.3 Å². The molecule has 8 nitrogen and oxygen atoms in total. The zero-order valence-electron chi connectivity index (χ0n) is 18.2. The van der Waals surface area contributed by atoms with Crippen LogP contribution in [0.5, 0.6) is 17.2 Å². The van der Waals surface area contributed by atoms with Gasteiger partial charge < -0.3 is 18.8 Å². The maximum Gasteiger partial charge on any atom is 0.273 e. The van der Waals surface area contributed by atoms with Gasteiger partial charge in [0.05, 0.1) is 23.2 Å². The minimum atomic E-state index is -0.780. The second-order valence-electron chi connectivity index (χ2n) is 7.43. The molecule has 0 radical (unpaired) electrons. The lowest BCUT2D eigenvalue weighted by atomic mass is 10.2. The molecule has 5 rings (SSSR count). The summed E-state index contributed by atoms with van der Waals surface area (Å²) in [6.45, 7) is 1.28. The molecule has 0 fully saturated rings. The van der Waals surface area contributed by atoms with Crippen LogP contribution in [0.4, 0.5) is 5.13 Å². The Morgan fingerprint density at radius 1 is 1.29 bits per heavy atom. The van der Waals surface area contributed by atoms with Gasteiger partial charge in [-0.05, 0) is 30.7 Å². The number of nitrogens with zero attached hydrogens (tertiary/aromatic N) is 4. The lowest BCUT2D eigenvalue weighted by Crippen LogP contribution is -2.47. The number of carbonyl (C=O) groups excluding carboxylic acids is 1. The molecule has 0 N–H and O–H groups in total. The topological polar surface area (TPSA) is 78.7 Å². The highest BCUT2D eigenvalue weighted by Gasteiger charge is 2.33. The van der Waals surface area contributed by atoms with E-state index in [1.54, 1.807) is 42.7 Å². The number of anilines is 1. The van der Waals surface area contributed by atoms with Gasteiger partial charge in [-0.3, -0.25) is 9.69 Å². The monoisotopic (exact) mass is 520 g/mol. The largest absolute Gasteiger partial charge is 0.494 e. The first kappa shape index (κ1) is 24.1. The zero-order chi connectivity index (χ0) is 22.8. The zero-order valence-corrected chi connectivity index (χ0v) is 20.6. The summed E-state index contributed by atoms with van der Waals surface area (Å²) in [4.78, 5) is 24.1. The van der Waals surface area contributed by atoms with Crippen molar-refractivity contribution in [2.24, 2.45) is 0 Å². The fourth-order valence-electron chi connectivity index (χ4n) is 3.67. The van der Waals surface area contributed by atoms with Gasteiger partial charge >= 0.3 is 0 Å². The van der Waals surface area contributed by atoms with Crippen LogP contribution >= 0.6 is 35.3 Å². The molecule has 0 bridgehead atoms. The van der Waals surface area contributed by atoms with Gasteiger partial charge in [0.15, 0.2) is 16.6 Å². The molecule has 2 aromatic heterocycles. The maximum absolute atomic E-state index is 13.6. The van der Waals surface area contributed by atoms with Crippen LogP contribution in [0.25, 0.3) is 10.2 Å². The lowest BCUT2D eigenvalue weighted by molar-refractivity contribution is -0.127. The summed E-state index contributed by atoms with van der Waals surface area (Å²) < 4.78 is 20.0. The lowest BCUT2D eigenvalue weighted by Gasteiger charge is -2.29. The fraction of sp³-hybridized carbons (Fsp3) is 0.261. The Morgan fingerprint density at radius 3 is 2.88 bits per heavy atom. The second-order valence-corrected chi connectivity index (χ2v) is 8.82. The molecule has 1 atom stereocenters. The predicted octanol–water partition coefficient (Wildman–Crippen LogP) is 4.84. The van der Waals surface area contributed by atoms with Crippen molar-refractivity contribution < 1.29 is 19.0 Å². The number of ether oxygens (including phenoxy) is 3. The van der Waals surface area contributed by atoms with Gasteiger partial charge in [-0.1, -0.05) is 35.1 Å². The molecule has 1 aliphatic heterocycles. The van der Waals surface area contributed by atoms with Crippen molar-refractivity contribution in [3.8, 4) is 17.2 Å². The maximum atomic E-state index is 13.6. The summed E-state index contributed by atoms with van der Waals surface area (Å²) in [6.07, 6.45) is 5.30. The van der Waals surface area contributed by atoms with Gasteiger partial charge in [-0.25, -0.2) is 9.97 Å². The SMILES string of the molecule is COc1ccc(Cl)c2sc(N(CCCn3ccnc3)C(=O)C3COc4ccccc4O3)nc12.Cl. The summed E-state index contributed by atoms with van der Waals surface area (Å²) in [7, 11) is 1.58. The Balaban J connectivity index is 0.00000274. The average molecular weight is 521 g/mol. The van der Waals surface area contributed by atoms with Crippen molar-refractivity contribution >= 4 is 56.6 Å². The summed E-state index contributed by atoms with van der Waals surface area (Å²) in [5.74, 6) is 1.57. The number of fused-ring (bicyclic) bond motifs is 2. The van der Waals surface area contributed by atoms with Crippen LogP contribution in [0.3, 0.4) is 0 Å². The molecule has 1 aliphatic rings. The third kappa shape index (κ3) is 4.77. The molecule has 0 spiro atoms. The van der Waals surface area contributed by atoms with Gasteiger partial charge in [0.25, 0.3) is 5.91 Å². The molecule has 1 unspecified atom stereocenters. The molecular formula is C23H22Cl2N4O4S. The molecule has 1 amide bonds. The van der Waals surface area contributed by atoms with Crippen LogP contribution in [0.1, 0.15) is 6.42 Å². The van der Waals surface area contributed by atoms with Gasteiger partial charge in [0, 0.05) is 25.5 Å². The predicted molar refractivity (Wildman–Crippen MR) is 134 cm³/mol. The molecular weight excluding hydrogens is 499 g/mol.